The number of carboxylic acids is 1. The fraction of sp³-hybridized carbons (Fsp3) is 0.200. The number of nitrogens with one attached hydrogen (secondary N) is 2. The molecule has 0 atom stereocenters. The van der Waals surface area contributed by atoms with Crippen LogP contribution in [0.3, 0.4) is 0 Å². The normalized spacial score (nSPS) is 10.5. The molecule has 8 nitrogen and oxygen atoms in total. The van der Waals surface area contributed by atoms with E-state index in [0.29, 0.717) is 24.3 Å². The standard InChI is InChI=1S/C20H21N3O5/c1-3-14-7-5-6-8-16(14)22-18(24)19(25)23-21-12-13-9-10-17(28-4-2)15(11-13)20(26)27/h5-12H,3-4H2,1-2H3,(H,22,24)(H,23,25)(H,26,27)/b21-12-. The number of amides is 2. The van der Waals surface area contributed by atoms with Crippen LogP contribution in [-0.2, 0) is 16.0 Å². The SMILES string of the molecule is CCOc1ccc(/C=N\NC(=O)C(=O)Nc2ccccc2CC)cc1C(=O)O. The van der Waals surface area contributed by atoms with E-state index in [0.717, 1.165) is 5.56 Å². The number of rotatable bonds is 7. The van der Waals surface area contributed by atoms with Gasteiger partial charge in [-0.25, -0.2) is 10.2 Å². The van der Waals surface area contributed by atoms with Crippen molar-refractivity contribution in [1.82, 2.24) is 5.43 Å². The zero-order valence-electron chi connectivity index (χ0n) is 15.6. The lowest BCUT2D eigenvalue weighted by atomic mass is 10.1. The number of aryl methyl sites for hydroxylation is 1. The van der Waals surface area contributed by atoms with E-state index in [1.54, 1.807) is 25.1 Å². The molecule has 2 amide bonds. The number of carbonyl (C=O) groups excluding carboxylic acids is 2. The third-order valence-electron chi connectivity index (χ3n) is 3.77. The molecule has 146 valence electrons. The van der Waals surface area contributed by atoms with Gasteiger partial charge in [-0.2, -0.15) is 5.10 Å². The third kappa shape index (κ3) is 5.41. The molecule has 0 spiro atoms. The van der Waals surface area contributed by atoms with Crippen molar-refractivity contribution in [3.05, 3.63) is 59.2 Å². The Labute approximate surface area is 162 Å². The van der Waals surface area contributed by atoms with Crippen LogP contribution in [0.1, 0.15) is 35.3 Å². The van der Waals surface area contributed by atoms with Gasteiger partial charge in [0.25, 0.3) is 0 Å². The summed E-state index contributed by atoms with van der Waals surface area (Å²) in [6.07, 6.45) is 1.95. The lowest BCUT2D eigenvalue weighted by Gasteiger charge is -2.08. The van der Waals surface area contributed by atoms with Crippen molar-refractivity contribution in [3.63, 3.8) is 0 Å². The summed E-state index contributed by atoms with van der Waals surface area (Å²) in [6, 6.07) is 11.6. The molecule has 2 aromatic rings. The van der Waals surface area contributed by atoms with E-state index in [1.165, 1.54) is 18.3 Å². The van der Waals surface area contributed by atoms with E-state index in [-0.39, 0.29) is 11.3 Å². The second-order valence-electron chi connectivity index (χ2n) is 5.66. The Bertz CT molecular complexity index is 908. The van der Waals surface area contributed by atoms with Crippen molar-refractivity contribution in [3.8, 4) is 5.75 Å². The number of nitrogens with zero attached hydrogens (tertiary/aromatic N) is 1. The Morgan fingerprint density at radius 1 is 1.11 bits per heavy atom. The number of aromatic carboxylic acids is 1. The topological polar surface area (TPSA) is 117 Å². The van der Waals surface area contributed by atoms with Gasteiger partial charge in [-0.05, 0) is 48.7 Å². The Morgan fingerprint density at radius 3 is 2.54 bits per heavy atom. The minimum absolute atomic E-state index is 0.0222. The maximum absolute atomic E-state index is 12.0. The Kier molecular flexibility index (Phi) is 7.27. The van der Waals surface area contributed by atoms with Crippen molar-refractivity contribution in [1.29, 1.82) is 0 Å². The molecule has 2 rings (SSSR count). The van der Waals surface area contributed by atoms with Crippen molar-refractivity contribution in [2.45, 2.75) is 20.3 Å². The highest BCUT2D eigenvalue weighted by molar-refractivity contribution is 6.39. The molecule has 0 aliphatic carbocycles. The number of para-hydroxylation sites is 1. The van der Waals surface area contributed by atoms with Gasteiger partial charge in [0.15, 0.2) is 0 Å². The van der Waals surface area contributed by atoms with Crippen molar-refractivity contribution < 1.29 is 24.2 Å². The monoisotopic (exact) mass is 383 g/mol. The van der Waals surface area contributed by atoms with Crippen LogP contribution < -0.4 is 15.5 Å². The third-order valence-corrected chi connectivity index (χ3v) is 3.77. The Balaban J connectivity index is 2.01. The quantitative estimate of drug-likeness (QED) is 0.386. The van der Waals surface area contributed by atoms with E-state index in [4.69, 9.17) is 4.74 Å². The van der Waals surface area contributed by atoms with E-state index < -0.39 is 17.8 Å². The number of carbonyl (C=O) groups is 3. The van der Waals surface area contributed by atoms with Gasteiger partial charge >= 0.3 is 17.8 Å². The lowest BCUT2D eigenvalue weighted by Crippen LogP contribution is -2.32. The summed E-state index contributed by atoms with van der Waals surface area (Å²) < 4.78 is 5.25. The molecule has 0 aliphatic rings. The van der Waals surface area contributed by atoms with Gasteiger partial charge in [0, 0.05) is 5.69 Å². The molecule has 3 N–H and O–H groups in total. The summed E-state index contributed by atoms with van der Waals surface area (Å²) in [5.74, 6) is -2.69. The summed E-state index contributed by atoms with van der Waals surface area (Å²) in [6.45, 7) is 4.03. The first-order chi connectivity index (χ1) is 13.5. The molecule has 0 saturated heterocycles. The van der Waals surface area contributed by atoms with E-state index in [2.05, 4.69) is 15.8 Å². The predicted octanol–water partition coefficient (Wildman–Crippen LogP) is 2.43. The van der Waals surface area contributed by atoms with Crippen LogP contribution in [-0.4, -0.2) is 35.7 Å². The molecule has 0 radical (unpaired) electrons. The van der Waals surface area contributed by atoms with Gasteiger partial charge in [0.2, 0.25) is 0 Å². The maximum Gasteiger partial charge on any atom is 0.339 e. The van der Waals surface area contributed by atoms with Gasteiger partial charge in [-0.3, -0.25) is 9.59 Å². The zero-order valence-corrected chi connectivity index (χ0v) is 15.6. The summed E-state index contributed by atoms with van der Waals surface area (Å²) >= 11 is 0. The van der Waals surface area contributed by atoms with Crippen LogP contribution >= 0.6 is 0 Å². The number of hydrogen-bond acceptors (Lipinski definition) is 5. The number of benzene rings is 2. The molecule has 0 unspecified atom stereocenters. The Hall–Kier alpha value is -3.68. The smallest absolute Gasteiger partial charge is 0.339 e. The van der Waals surface area contributed by atoms with E-state index in [9.17, 15) is 19.5 Å². The first-order valence-electron chi connectivity index (χ1n) is 8.68. The number of hydrogen-bond donors (Lipinski definition) is 3. The first-order valence-corrected chi connectivity index (χ1v) is 8.68. The highest BCUT2D eigenvalue weighted by Gasteiger charge is 2.14. The Morgan fingerprint density at radius 2 is 1.86 bits per heavy atom. The van der Waals surface area contributed by atoms with Gasteiger partial charge in [0.05, 0.1) is 12.8 Å². The zero-order chi connectivity index (χ0) is 20.5. The summed E-state index contributed by atoms with van der Waals surface area (Å²) in [5, 5.41) is 15.5. The fourth-order valence-corrected chi connectivity index (χ4v) is 2.42. The number of anilines is 1. The van der Waals surface area contributed by atoms with Crippen LogP contribution in [0.25, 0.3) is 0 Å². The molecular formula is C20H21N3O5. The summed E-state index contributed by atoms with van der Waals surface area (Å²) in [5.41, 5.74) is 3.99. The fourth-order valence-electron chi connectivity index (χ4n) is 2.42. The second kappa shape index (κ2) is 9.86. The van der Waals surface area contributed by atoms with Crippen molar-refractivity contribution >= 4 is 29.7 Å². The van der Waals surface area contributed by atoms with Crippen molar-refractivity contribution in [2.24, 2.45) is 5.10 Å². The van der Waals surface area contributed by atoms with Crippen LogP contribution in [0.2, 0.25) is 0 Å². The van der Waals surface area contributed by atoms with Crippen molar-refractivity contribution in [2.75, 3.05) is 11.9 Å². The minimum Gasteiger partial charge on any atom is -0.493 e. The number of ether oxygens (including phenoxy) is 1. The molecule has 0 aromatic heterocycles. The van der Waals surface area contributed by atoms with Crippen LogP contribution in [0.5, 0.6) is 5.75 Å². The van der Waals surface area contributed by atoms with Crippen LogP contribution in [0, 0.1) is 0 Å². The molecule has 0 heterocycles. The molecule has 0 fully saturated rings. The van der Waals surface area contributed by atoms with E-state index in [1.807, 2.05) is 19.1 Å². The highest BCUT2D eigenvalue weighted by atomic mass is 16.5. The second-order valence-corrected chi connectivity index (χ2v) is 5.66. The minimum atomic E-state index is -1.14. The molecule has 28 heavy (non-hydrogen) atoms. The largest absolute Gasteiger partial charge is 0.493 e. The predicted molar refractivity (Wildman–Crippen MR) is 105 cm³/mol. The lowest BCUT2D eigenvalue weighted by molar-refractivity contribution is -0.136. The highest BCUT2D eigenvalue weighted by Crippen LogP contribution is 2.19. The molecule has 8 heteroatoms. The van der Waals surface area contributed by atoms with Gasteiger partial charge < -0.3 is 15.2 Å². The molecular weight excluding hydrogens is 362 g/mol. The molecule has 0 saturated carbocycles. The summed E-state index contributed by atoms with van der Waals surface area (Å²) in [7, 11) is 0. The van der Waals surface area contributed by atoms with Crippen LogP contribution in [0.15, 0.2) is 47.6 Å². The molecule has 0 aliphatic heterocycles. The average Bonchev–Trinajstić information content (AvgIpc) is 2.69. The number of carboxylic acid groups (broad SMARTS) is 1. The van der Waals surface area contributed by atoms with Crippen LogP contribution in [0.4, 0.5) is 5.69 Å². The maximum atomic E-state index is 12.0. The average molecular weight is 383 g/mol. The van der Waals surface area contributed by atoms with Gasteiger partial charge in [-0.1, -0.05) is 25.1 Å². The summed E-state index contributed by atoms with van der Waals surface area (Å²) in [4.78, 5) is 35.2. The first kappa shape index (κ1) is 20.6. The van der Waals surface area contributed by atoms with Gasteiger partial charge in [0.1, 0.15) is 11.3 Å². The van der Waals surface area contributed by atoms with E-state index >= 15 is 0 Å². The number of hydrazone groups is 1. The molecule has 2 aromatic carbocycles. The van der Waals surface area contributed by atoms with Gasteiger partial charge in [-0.15, -0.1) is 0 Å². The molecule has 0 bridgehead atoms.